The SMILES string of the molecule is CN=C(NCCNC(=O)c1cccc(OC)c1)NCC1(c2ccccc2F)CC1. The van der Waals surface area contributed by atoms with Crippen LogP contribution in [0.3, 0.4) is 0 Å². The standard InChI is InChI=1S/C22H27FN4O2/c1-24-21(27-15-22(10-11-22)18-8-3-4-9-19(18)23)26-13-12-25-20(28)16-6-5-7-17(14-16)29-2/h3-9,14H,10-13,15H2,1-2H3,(H,25,28)(H2,24,26,27). The van der Waals surface area contributed by atoms with Crippen LogP contribution in [0.5, 0.6) is 5.75 Å². The molecule has 0 unspecified atom stereocenters. The second kappa shape index (κ2) is 9.41. The van der Waals surface area contributed by atoms with Gasteiger partial charge in [-0.15, -0.1) is 0 Å². The van der Waals surface area contributed by atoms with Crippen LogP contribution in [0.1, 0.15) is 28.8 Å². The minimum absolute atomic E-state index is 0.157. The molecule has 2 aromatic carbocycles. The van der Waals surface area contributed by atoms with Gasteiger partial charge in [-0.3, -0.25) is 9.79 Å². The predicted octanol–water partition coefficient (Wildman–Crippen LogP) is 2.46. The second-order valence-corrected chi connectivity index (χ2v) is 7.10. The average molecular weight is 398 g/mol. The highest BCUT2D eigenvalue weighted by Gasteiger charge is 2.45. The zero-order chi connectivity index (χ0) is 20.7. The lowest BCUT2D eigenvalue weighted by Gasteiger charge is -2.19. The maximum absolute atomic E-state index is 14.1. The maximum atomic E-state index is 14.1. The molecular weight excluding hydrogens is 371 g/mol. The van der Waals surface area contributed by atoms with Crippen molar-refractivity contribution in [2.45, 2.75) is 18.3 Å². The van der Waals surface area contributed by atoms with Crippen LogP contribution in [-0.2, 0) is 5.41 Å². The van der Waals surface area contributed by atoms with Gasteiger partial charge in [-0.05, 0) is 42.7 Å². The van der Waals surface area contributed by atoms with E-state index < -0.39 is 0 Å². The van der Waals surface area contributed by atoms with Crippen LogP contribution in [-0.4, -0.2) is 45.7 Å². The zero-order valence-electron chi connectivity index (χ0n) is 16.8. The Labute approximate surface area is 170 Å². The summed E-state index contributed by atoms with van der Waals surface area (Å²) in [7, 11) is 3.25. The first-order valence-electron chi connectivity index (χ1n) is 9.70. The van der Waals surface area contributed by atoms with E-state index in [-0.39, 0.29) is 17.1 Å². The van der Waals surface area contributed by atoms with Crippen LogP contribution >= 0.6 is 0 Å². The smallest absolute Gasteiger partial charge is 0.251 e. The lowest BCUT2D eigenvalue weighted by molar-refractivity contribution is 0.0954. The minimum Gasteiger partial charge on any atom is -0.497 e. The molecule has 0 heterocycles. The van der Waals surface area contributed by atoms with Crippen molar-refractivity contribution in [2.24, 2.45) is 4.99 Å². The van der Waals surface area contributed by atoms with Gasteiger partial charge in [-0.1, -0.05) is 24.3 Å². The Morgan fingerprint density at radius 1 is 1.10 bits per heavy atom. The van der Waals surface area contributed by atoms with E-state index in [0.717, 1.165) is 18.4 Å². The van der Waals surface area contributed by atoms with Crippen molar-refractivity contribution in [3.05, 3.63) is 65.5 Å². The Morgan fingerprint density at radius 2 is 1.86 bits per heavy atom. The largest absolute Gasteiger partial charge is 0.497 e. The van der Waals surface area contributed by atoms with Crippen molar-refractivity contribution in [1.82, 2.24) is 16.0 Å². The van der Waals surface area contributed by atoms with Gasteiger partial charge in [0.05, 0.1) is 7.11 Å². The van der Waals surface area contributed by atoms with Gasteiger partial charge in [0, 0.05) is 37.7 Å². The number of nitrogens with one attached hydrogen (secondary N) is 3. The molecule has 0 spiro atoms. The highest BCUT2D eigenvalue weighted by Crippen LogP contribution is 2.48. The first kappa shape index (κ1) is 20.6. The minimum atomic E-state index is -0.163. The molecule has 2 aromatic rings. The Hall–Kier alpha value is -3.09. The molecule has 154 valence electrons. The van der Waals surface area contributed by atoms with Gasteiger partial charge < -0.3 is 20.7 Å². The number of ether oxygens (including phenoxy) is 1. The monoisotopic (exact) mass is 398 g/mol. The number of hydrogen-bond acceptors (Lipinski definition) is 3. The molecule has 3 rings (SSSR count). The van der Waals surface area contributed by atoms with E-state index in [1.54, 1.807) is 44.5 Å². The number of carbonyl (C=O) groups is 1. The molecule has 0 aliphatic heterocycles. The summed E-state index contributed by atoms with van der Waals surface area (Å²) in [5.74, 6) is 0.951. The second-order valence-electron chi connectivity index (χ2n) is 7.10. The molecule has 0 radical (unpaired) electrons. The maximum Gasteiger partial charge on any atom is 0.251 e. The van der Waals surface area contributed by atoms with Crippen LogP contribution in [0, 0.1) is 5.82 Å². The Morgan fingerprint density at radius 3 is 2.55 bits per heavy atom. The summed E-state index contributed by atoms with van der Waals surface area (Å²) in [5.41, 5.74) is 1.14. The number of nitrogens with zero attached hydrogens (tertiary/aromatic N) is 1. The van der Waals surface area contributed by atoms with E-state index in [4.69, 9.17) is 4.74 Å². The van der Waals surface area contributed by atoms with E-state index in [0.29, 0.717) is 36.9 Å². The molecule has 6 nitrogen and oxygen atoms in total. The average Bonchev–Trinajstić information content (AvgIpc) is 3.54. The number of amides is 1. The van der Waals surface area contributed by atoms with Crippen LogP contribution in [0.4, 0.5) is 4.39 Å². The van der Waals surface area contributed by atoms with Crippen LogP contribution in [0.2, 0.25) is 0 Å². The van der Waals surface area contributed by atoms with Crippen molar-refractivity contribution in [3.63, 3.8) is 0 Å². The normalized spacial score (nSPS) is 14.8. The van der Waals surface area contributed by atoms with Crippen molar-refractivity contribution in [3.8, 4) is 5.75 Å². The molecule has 29 heavy (non-hydrogen) atoms. The van der Waals surface area contributed by atoms with Crippen molar-refractivity contribution >= 4 is 11.9 Å². The van der Waals surface area contributed by atoms with Crippen molar-refractivity contribution in [2.75, 3.05) is 33.8 Å². The third kappa shape index (κ3) is 5.25. The highest BCUT2D eigenvalue weighted by atomic mass is 19.1. The predicted molar refractivity (Wildman–Crippen MR) is 112 cm³/mol. The van der Waals surface area contributed by atoms with Gasteiger partial charge in [0.2, 0.25) is 0 Å². The summed E-state index contributed by atoms with van der Waals surface area (Å²) in [6.07, 6.45) is 1.91. The van der Waals surface area contributed by atoms with Gasteiger partial charge in [-0.25, -0.2) is 4.39 Å². The molecule has 1 aliphatic rings. The molecule has 1 amide bonds. The molecule has 0 atom stereocenters. The number of benzene rings is 2. The van der Waals surface area contributed by atoms with Gasteiger partial charge in [0.1, 0.15) is 11.6 Å². The lowest BCUT2D eigenvalue weighted by atomic mass is 9.95. The number of methoxy groups -OCH3 is 1. The number of hydrogen-bond donors (Lipinski definition) is 3. The van der Waals surface area contributed by atoms with Gasteiger partial charge in [0.15, 0.2) is 5.96 Å². The summed E-state index contributed by atoms with van der Waals surface area (Å²) >= 11 is 0. The highest BCUT2D eigenvalue weighted by molar-refractivity contribution is 5.94. The molecule has 1 saturated carbocycles. The third-order valence-electron chi connectivity index (χ3n) is 5.15. The topological polar surface area (TPSA) is 74.8 Å². The number of halogens is 1. The molecule has 0 aromatic heterocycles. The van der Waals surface area contributed by atoms with Crippen molar-refractivity contribution in [1.29, 1.82) is 0 Å². The number of aliphatic imine (C=N–C) groups is 1. The molecule has 0 bridgehead atoms. The Bertz CT molecular complexity index is 881. The van der Waals surface area contributed by atoms with Gasteiger partial charge in [-0.2, -0.15) is 0 Å². The molecule has 1 aliphatic carbocycles. The fourth-order valence-electron chi connectivity index (χ4n) is 3.28. The first-order valence-corrected chi connectivity index (χ1v) is 9.70. The quantitative estimate of drug-likeness (QED) is 0.363. The number of rotatable bonds is 8. The summed E-state index contributed by atoms with van der Waals surface area (Å²) in [4.78, 5) is 16.4. The van der Waals surface area contributed by atoms with Crippen LogP contribution in [0.15, 0.2) is 53.5 Å². The summed E-state index contributed by atoms with van der Waals surface area (Å²) in [5, 5.41) is 9.31. The molecule has 7 heteroatoms. The number of guanidine groups is 1. The Kier molecular flexibility index (Phi) is 6.69. The number of carbonyl (C=O) groups excluding carboxylic acids is 1. The fourth-order valence-corrected chi connectivity index (χ4v) is 3.28. The molecule has 3 N–H and O–H groups in total. The summed E-state index contributed by atoms with van der Waals surface area (Å²) in [6.45, 7) is 1.57. The van der Waals surface area contributed by atoms with Crippen LogP contribution in [0.25, 0.3) is 0 Å². The van der Waals surface area contributed by atoms with Gasteiger partial charge in [0.25, 0.3) is 5.91 Å². The molecule has 0 saturated heterocycles. The Balaban J connectivity index is 1.43. The molecular formula is C22H27FN4O2. The van der Waals surface area contributed by atoms with E-state index in [1.807, 2.05) is 12.1 Å². The third-order valence-corrected chi connectivity index (χ3v) is 5.15. The van der Waals surface area contributed by atoms with Crippen LogP contribution < -0.4 is 20.7 Å². The van der Waals surface area contributed by atoms with E-state index in [1.165, 1.54) is 6.07 Å². The van der Waals surface area contributed by atoms with E-state index in [2.05, 4.69) is 20.9 Å². The van der Waals surface area contributed by atoms with E-state index >= 15 is 0 Å². The summed E-state index contributed by atoms with van der Waals surface area (Å²) < 4.78 is 19.3. The fraction of sp³-hybridized carbons (Fsp3) is 0.364. The van der Waals surface area contributed by atoms with E-state index in [9.17, 15) is 9.18 Å². The molecule has 1 fully saturated rings. The van der Waals surface area contributed by atoms with Crippen molar-refractivity contribution < 1.29 is 13.9 Å². The first-order chi connectivity index (χ1) is 14.1. The summed E-state index contributed by atoms with van der Waals surface area (Å²) in [6, 6.07) is 14.0. The van der Waals surface area contributed by atoms with Gasteiger partial charge >= 0.3 is 0 Å². The lowest BCUT2D eigenvalue weighted by Crippen LogP contribution is -2.44. The zero-order valence-corrected chi connectivity index (χ0v) is 16.8.